The van der Waals surface area contributed by atoms with Gasteiger partial charge >= 0.3 is 6.36 Å². The van der Waals surface area contributed by atoms with Crippen molar-refractivity contribution < 1.29 is 31.1 Å². The molecule has 0 saturated heterocycles. The van der Waals surface area contributed by atoms with E-state index in [-0.39, 0.29) is 22.7 Å². The lowest BCUT2D eigenvalue weighted by Crippen LogP contribution is -2.24. The summed E-state index contributed by atoms with van der Waals surface area (Å²) >= 11 is 0. The number of halogens is 3. The van der Waals surface area contributed by atoms with Crippen LogP contribution < -0.4 is 14.8 Å². The summed E-state index contributed by atoms with van der Waals surface area (Å²) in [5, 5.41) is 2.46. The van der Waals surface area contributed by atoms with Gasteiger partial charge in [-0.3, -0.25) is 4.79 Å². The Kier molecular flexibility index (Phi) is 6.24. The molecule has 2 aromatic carbocycles. The van der Waals surface area contributed by atoms with E-state index in [2.05, 4.69) is 21.4 Å². The third kappa shape index (κ3) is 6.12. The number of sulfonamides is 1. The maximum absolute atomic E-state index is 12.3. The molecule has 1 amide bonds. The van der Waals surface area contributed by atoms with Gasteiger partial charge < -0.3 is 10.1 Å². The van der Waals surface area contributed by atoms with Crippen LogP contribution in [0, 0.1) is 0 Å². The van der Waals surface area contributed by atoms with Crippen LogP contribution in [0.1, 0.15) is 10.4 Å². The fraction of sp³-hybridized carbons (Fsp3) is 0.118. The summed E-state index contributed by atoms with van der Waals surface area (Å²) in [5.41, 5.74) is 0.277. The molecule has 0 aliphatic heterocycles. The first-order chi connectivity index (χ1) is 12.6. The highest BCUT2D eigenvalue weighted by molar-refractivity contribution is 7.89. The minimum atomic E-state index is -4.81. The average molecular weight is 400 g/mol. The number of alkyl halides is 3. The van der Waals surface area contributed by atoms with Crippen molar-refractivity contribution in [1.29, 1.82) is 0 Å². The van der Waals surface area contributed by atoms with E-state index < -0.39 is 28.0 Å². The molecule has 144 valence electrons. The number of nitrogens with one attached hydrogen (secondary N) is 2. The molecule has 6 nitrogen and oxygen atoms in total. The number of carbonyl (C=O) groups is 1. The monoisotopic (exact) mass is 400 g/mol. The summed E-state index contributed by atoms with van der Waals surface area (Å²) in [4.78, 5) is 12.2. The Morgan fingerprint density at radius 3 is 2.41 bits per heavy atom. The lowest BCUT2D eigenvalue weighted by Gasteiger charge is -2.10. The summed E-state index contributed by atoms with van der Waals surface area (Å²) < 4.78 is 66.6. The second kappa shape index (κ2) is 8.23. The molecule has 27 heavy (non-hydrogen) atoms. The van der Waals surface area contributed by atoms with E-state index in [9.17, 15) is 26.4 Å². The summed E-state index contributed by atoms with van der Waals surface area (Å²) in [5.74, 6) is -1.05. The maximum Gasteiger partial charge on any atom is 0.573 e. The molecule has 2 rings (SSSR count). The Balaban J connectivity index is 2.12. The van der Waals surface area contributed by atoms with Crippen LogP contribution in [0.4, 0.5) is 18.9 Å². The van der Waals surface area contributed by atoms with Crippen molar-refractivity contribution in [2.75, 3.05) is 11.9 Å². The zero-order chi connectivity index (χ0) is 20.1. The molecule has 0 heterocycles. The fourth-order valence-corrected chi connectivity index (χ4v) is 3.04. The Bertz CT molecular complexity index is 926. The van der Waals surface area contributed by atoms with E-state index in [1.807, 2.05) is 0 Å². The van der Waals surface area contributed by atoms with Crippen LogP contribution in [-0.2, 0) is 10.0 Å². The van der Waals surface area contributed by atoms with Crippen molar-refractivity contribution in [1.82, 2.24) is 4.72 Å². The first-order valence-corrected chi connectivity index (χ1v) is 8.97. The number of amides is 1. The van der Waals surface area contributed by atoms with Gasteiger partial charge in [0, 0.05) is 17.8 Å². The van der Waals surface area contributed by atoms with Gasteiger partial charge in [-0.15, -0.1) is 19.8 Å². The van der Waals surface area contributed by atoms with E-state index in [0.717, 1.165) is 12.1 Å². The lowest BCUT2D eigenvalue weighted by molar-refractivity contribution is -0.274. The van der Waals surface area contributed by atoms with E-state index in [1.54, 1.807) is 0 Å². The lowest BCUT2D eigenvalue weighted by atomic mass is 10.2. The summed E-state index contributed by atoms with van der Waals surface area (Å²) in [6.07, 6.45) is -3.43. The molecular weight excluding hydrogens is 385 g/mol. The molecule has 0 unspecified atom stereocenters. The fourth-order valence-electron chi connectivity index (χ4n) is 2.00. The van der Waals surface area contributed by atoms with Crippen LogP contribution in [0.5, 0.6) is 5.75 Å². The smallest absolute Gasteiger partial charge is 0.406 e. The maximum atomic E-state index is 12.3. The first kappa shape index (κ1) is 20.5. The van der Waals surface area contributed by atoms with Crippen molar-refractivity contribution in [3.63, 3.8) is 0 Å². The molecule has 2 N–H and O–H groups in total. The molecule has 2 aromatic rings. The molecule has 10 heteroatoms. The molecule has 0 spiro atoms. The highest BCUT2D eigenvalue weighted by atomic mass is 32.2. The SMILES string of the molecule is C=CCNS(=O)(=O)c1cccc(C(=O)Nc2ccc(OC(F)(F)F)cc2)c1. The third-order valence-corrected chi connectivity index (χ3v) is 4.59. The molecule has 0 fully saturated rings. The highest BCUT2D eigenvalue weighted by Crippen LogP contribution is 2.24. The van der Waals surface area contributed by atoms with Crippen LogP contribution in [-0.4, -0.2) is 27.2 Å². The van der Waals surface area contributed by atoms with E-state index in [0.29, 0.717) is 0 Å². The molecule has 0 aromatic heterocycles. The van der Waals surface area contributed by atoms with Gasteiger partial charge in [-0.1, -0.05) is 12.1 Å². The third-order valence-electron chi connectivity index (χ3n) is 3.17. The van der Waals surface area contributed by atoms with Crippen LogP contribution >= 0.6 is 0 Å². The Morgan fingerprint density at radius 1 is 1.15 bits per heavy atom. The van der Waals surface area contributed by atoms with E-state index >= 15 is 0 Å². The Morgan fingerprint density at radius 2 is 1.81 bits per heavy atom. The highest BCUT2D eigenvalue weighted by Gasteiger charge is 2.31. The van der Waals surface area contributed by atoms with Crippen molar-refractivity contribution in [3.8, 4) is 5.75 Å². The number of ether oxygens (including phenoxy) is 1. The van der Waals surface area contributed by atoms with Gasteiger partial charge in [-0.25, -0.2) is 13.1 Å². The molecule has 0 atom stereocenters. The molecule has 0 saturated carbocycles. The predicted molar refractivity (Wildman–Crippen MR) is 92.9 cm³/mol. The number of anilines is 1. The molecule has 0 radical (unpaired) electrons. The van der Waals surface area contributed by atoms with E-state index in [4.69, 9.17) is 0 Å². The standard InChI is InChI=1S/C17H15F3N2O4S/c1-2-10-21-27(24,25)15-5-3-4-12(11-15)16(23)22-13-6-8-14(9-7-13)26-17(18,19)20/h2-9,11,21H,1,10H2,(H,22,23). The van der Waals surface area contributed by atoms with Gasteiger partial charge in [-0.05, 0) is 42.5 Å². The first-order valence-electron chi connectivity index (χ1n) is 7.48. The number of rotatable bonds is 7. The van der Waals surface area contributed by atoms with Gasteiger partial charge in [-0.2, -0.15) is 0 Å². The summed E-state index contributed by atoms with van der Waals surface area (Å²) in [6, 6.07) is 9.86. The topological polar surface area (TPSA) is 84.5 Å². The molecule has 0 aliphatic rings. The van der Waals surface area contributed by atoms with Crippen molar-refractivity contribution in [3.05, 3.63) is 66.7 Å². The zero-order valence-electron chi connectivity index (χ0n) is 13.8. The largest absolute Gasteiger partial charge is 0.573 e. The Labute approximate surface area is 153 Å². The van der Waals surface area contributed by atoms with Crippen molar-refractivity contribution in [2.24, 2.45) is 0 Å². The summed E-state index contributed by atoms with van der Waals surface area (Å²) in [7, 11) is -3.80. The number of benzene rings is 2. The zero-order valence-corrected chi connectivity index (χ0v) is 14.6. The predicted octanol–water partition coefficient (Wildman–Crippen LogP) is 3.30. The average Bonchev–Trinajstić information content (AvgIpc) is 2.60. The van der Waals surface area contributed by atoms with Crippen LogP contribution in [0.15, 0.2) is 66.1 Å². The second-order valence-electron chi connectivity index (χ2n) is 5.19. The van der Waals surface area contributed by atoms with Gasteiger partial charge in [0.05, 0.1) is 4.90 Å². The molecule has 0 bridgehead atoms. The minimum Gasteiger partial charge on any atom is -0.406 e. The minimum absolute atomic E-state index is 0.0328. The van der Waals surface area contributed by atoms with E-state index in [1.165, 1.54) is 42.5 Å². The second-order valence-corrected chi connectivity index (χ2v) is 6.96. The molecule has 0 aliphatic carbocycles. The van der Waals surface area contributed by atoms with Gasteiger partial charge in [0.25, 0.3) is 5.91 Å². The summed E-state index contributed by atoms with van der Waals surface area (Å²) in [6.45, 7) is 3.45. The van der Waals surface area contributed by atoms with Gasteiger partial charge in [0.1, 0.15) is 5.75 Å². The number of hydrogen-bond acceptors (Lipinski definition) is 4. The quantitative estimate of drug-likeness (QED) is 0.699. The van der Waals surface area contributed by atoms with Crippen molar-refractivity contribution >= 4 is 21.6 Å². The Hall–Kier alpha value is -2.85. The number of hydrogen-bond donors (Lipinski definition) is 2. The number of carbonyl (C=O) groups excluding carboxylic acids is 1. The van der Waals surface area contributed by atoms with Gasteiger partial charge in [0.15, 0.2) is 0 Å². The van der Waals surface area contributed by atoms with Crippen LogP contribution in [0.3, 0.4) is 0 Å². The molecular formula is C17H15F3N2O4S. The van der Waals surface area contributed by atoms with Crippen LogP contribution in [0.25, 0.3) is 0 Å². The van der Waals surface area contributed by atoms with Crippen LogP contribution in [0.2, 0.25) is 0 Å². The normalized spacial score (nSPS) is 11.7. The van der Waals surface area contributed by atoms with Crippen molar-refractivity contribution in [2.45, 2.75) is 11.3 Å². The van der Waals surface area contributed by atoms with Gasteiger partial charge in [0.2, 0.25) is 10.0 Å².